The monoisotopic (exact) mass is 423 g/mol. The number of rotatable bonds is 8. The van der Waals surface area contributed by atoms with E-state index in [1.807, 2.05) is 0 Å². The minimum absolute atomic E-state index is 0.0678. The van der Waals surface area contributed by atoms with E-state index in [0.717, 1.165) is 0 Å². The molecule has 0 bridgehead atoms. The Labute approximate surface area is 163 Å². The van der Waals surface area contributed by atoms with Gasteiger partial charge in [0.2, 0.25) is 0 Å². The van der Waals surface area contributed by atoms with Gasteiger partial charge in [-0.1, -0.05) is 18.2 Å². The molecule has 0 spiro atoms. The molecule has 0 saturated carbocycles. The third-order valence-electron chi connectivity index (χ3n) is 3.86. The molecule has 0 aromatic heterocycles. The first-order valence-electron chi connectivity index (χ1n) is 8.40. The van der Waals surface area contributed by atoms with Gasteiger partial charge >= 0.3 is 12.4 Å². The number of methoxy groups -OCH3 is 1. The van der Waals surface area contributed by atoms with Crippen LogP contribution in [0, 0.1) is 0 Å². The molecule has 2 aromatic rings. The molecule has 0 aliphatic carbocycles. The van der Waals surface area contributed by atoms with E-state index >= 15 is 0 Å². The summed E-state index contributed by atoms with van der Waals surface area (Å²) in [5, 5.41) is 9.50. The fourth-order valence-electron chi connectivity index (χ4n) is 2.50. The lowest BCUT2D eigenvalue weighted by molar-refractivity contribution is -0.200. The number of nitrogens with zero attached hydrogens (tertiary/aromatic N) is 1. The minimum Gasteiger partial charge on any atom is -0.497 e. The summed E-state index contributed by atoms with van der Waals surface area (Å²) in [5.74, 6) is 0.332. The molecule has 1 N–H and O–H groups in total. The molecule has 29 heavy (non-hydrogen) atoms. The standard InChI is InChI=1S/C19H19F6NO3/c1-28-15-6-3-5-14(9-15)26(11-17(27)19(23,24)25)10-13-4-2-7-16(8-13)29-12-18(20,21)22/h2-9,17,27H,10-12H2,1H3. The number of aliphatic hydroxyl groups excluding tert-OH is 1. The van der Waals surface area contributed by atoms with Crippen LogP contribution in [-0.2, 0) is 6.54 Å². The second kappa shape index (κ2) is 9.25. The zero-order valence-electron chi connectivity index (χ0n) is 15.3. The summed E-state index contributed by atoms with van der Waals surface area (Å²) in [6, 6.07) is 11.8. The maximum atomic E-state index is 12.9. The minimum atomic E-state index is -4.82. The van der Waals surface area contributed by atoms with Gasteiger partial charge in [0.05, 0.1) is 13.7 Å². The van der Waals surface area contributed by atoms with E-state index < -0.39 is 31.6 Å². The van der Waals surface area contributed by atoms with E-state index in [4.69, 9.17) is 4.74 Å². The molecule has 160 valence electrons. The van der Waals surface area contributed by atoms with Crippen LogP contribution in [0.4, 0.5) is 32.0 Å². The Bertz CT molecular complexity index is 794. The molecule has 4 nitrogen and oxygen atoms in total. The highest BCUT2D eigenvalue weighted by Gasteiger charge is 2.39. The van der Waals surface area contributed by atoms with Gasteiger partial charge in [-0.3, -0.25) is 0 Å². The molecule has 1 atom stereocenters. The van der Waals surface area contributed by atoms with Gasteiger partial charge in [0.15, 0.2) is 12.7 Å². The molecule has 2 rings (SSSR count). The Hall–Kier alpha value is -2.62. The van der Waals surface area contributed by atoms with Crippen molar-refractivity contribution in [2.75, 3.05) is 25.2 Å². The van der Waals surface area contributed by atoms with Gasteiger partial charge in [0, 0.05) is 18.3 Å². The molecule has 1 unspecified atom stereocenters. The number of aliphatic hydroxyl groups is 1. The van der Waals surface area contributed by atoms with E-state index in [1.165, 1.54) is 48.4 Å². The Morgan fingerprint density at radius 2 is 1.62 bits per heavy atom. The topological polar surface area (TPSA) is 41.9 Å². The molecule has 0 radical (unpaired) electrons. The summed E-state index contributed by atoms with van der Waals surface area (Å²) >= 11 is 0. The average Bonchev–Trinajstić information content (AvgIpc) is 2.65. The summed E-state index contributed by atoms with van der Waals surface area (Å²) in [4.78, 5) is 1.25. The van der Waals surface area contributed by atoms with Crippen molar-refractivity contribution in [3.63, 3.8) is 0 Å². The van der Waals surface area contributed by atoms with Gasteiger partial charge in [-0.25, -0.2) is 0 Å². The van der Waals surface area contributed by atoms with E-state index in [0.29, 0.717) is 17.0 Å². The lowest BCUT2D eigenvalue weighted by Gasteiger charge is -2.28. The fourth-order valence-corrected chi connectivity index (χ4v) is 2.50. The first kappa shape index (κ1) is 22.7. The third kappa shape index (κ3) is 7.37. The van der Waals surface area contributed by atoms with E-state index in [-0.39, 0.29) is 12.3 Å². The van der Waals surface area contributed by atoms with Crippen molar-refractivity contribution < 1.29 is 40.9 Å². The van der Waals surface area contributed by atoms with Crippen LogP contribution in [0.1, 0.15) is 5.56 Å². The zero-order valence-corrected chi connectivity index (χ0v) is 15.3. The highest BCUT2D eigenvalue weighted by Crippen LogP contribution is 2.28. The second-order valence-electron chi connectivity index (χ2n) is 6.19. The number of ether oxygens (including phenoxy) is 2. The highest BCUT2D eigenvalue weighted by molar-refractivity contribution is 5.51. The molecule has 0 aliphatic heterocycles. The first-order chi connectivity index (χ1) is 13.5. The molecule has 0 amide bonds. The highest BCUT2D eigenvalue weighted by atomic mass is 19.4. The summed E-state index contributed by atoms with van der Waals surface area (Å²) in [6.07, 6.45) is -12.0. The molecular formula is C19H19F6NO3. The number of benzene rings is 2. The first-order valence-corrected chi connectivity index (χ1v) is 8.40. The number of halogens is 6. The van der Waals surface area contributed by atoms with Crippen LogP contribution in [0.15, 0.2) is 48.5 Å². The van der Waals surface area contributed by atoms with Gasteiger partial charge < -0.3 is 19.5 Å². The lowest BCUT2D eigenvalue weighted by atomic mass is 10.1. The summed E-state index contributed by atoms with van der Waals surface area (Å²) in [6.45, 7) is -2.36. The molecule has 0 fully saturated rings. The van der Waals surface area contributed by atoms with E-state index in [9.17, 15) is 31.4 Å². The van der Waals surface area contributed by atoms with Crippen molar-refractivity contribution in [2.24, 2.45) is 0 Å². The molecule has 0 heterocycles. The van der Waals surface area contributed by atoms with Crippen molar-refractivity contribution in [3.05, 3.63) is 54.1 Å². The van der Waals surface area contributed by atoms with E-state index in [1.54, 1.807) is 12.1 Å². The van der Waals surface area contributed by atoms with Crippen molar-refractivity contribution in [1.82, 2.24) is 0 Å². The Kier molecular flexibility index (Phi) is 7.23. The van der Waals surface area contributed by atoms with Gasteiger partial charge in [-0.15, -0.1) is 0 Å². The van der Waals surface area contributed by atoms with Crippen LogP contribution in [0.3, 0.4) is 0 Å². The molecule has 0 saturated heterocycles. The van der Waals surface area contributed by atoms with Crippen LogP contribution >= 0.6 is 0 Å². The van der Waals surface area contributed by atoms with Crippen LogP contribution in [0.2, 0.25) is 0 Å². The maximum Gasteiger partial charge on any atom is 0.422 e. The predicted molar refractivity (Wildman–Crippen MR) is 94.1 cm³/mol. The van der Waals surface area contributed by atoms with Gasteiger partial charge in [-0.2, -0.15) is 26.3 Å². The zero-order chi connectivity index (χ0) is 21.7. The fraction of sp³-hybridized carbons (Fsp3) is 0.368. The predicted octanol–water partition coefficient (Wildman–Crippen LogP) is 4.57. The van der Waals surface area contributed by atoms with Gasteiger partial charge in [0.1, 0.15) is 11.5 Å². The number of hydrogen-bond acceptors (Lipinski definition) is 4. The summed E-state index contributed by atoms with van der Waals surface area (Å²) in [7, 11) is 1.40. The van der Waals surface area contributed by atoms with Crippen LogP contribution < -0.4 is 14.4 Å². The van der Waals surface area contributed by atoms with Crippen molar-refractivity contribution in [3.8, 4) is 11.5 Å². The Morgan fingerprint density at radius 3 is 2.24 bits per heavy atom. The van der Waals surface area contributed by atoms with Crippen LogP contribution in [0.25, 0.3) is 0 Å². The van der Waals surface area contributed by atoms with Crippen molar-refractivity contribution >= 4 is 5.69 Å². The molecule has 0 aliphatic rings. The average molecular weight is 423 g/mol. The Morgan fingerprint density at radius 1 is 0.966 bits per heavy atom. The van der Waals surface area contributed by atoms with Gasteiger partial charge in [0.25, 0.3) is 0 Å². The second-order valence-corrected chi connectivity index (χ2v) is 6.19. The van der Waals surface area contributed by atoms with Crippen LogP contribution in [-0.4, -0.2) is 43.8 Å². The quantitative estimate of drug-likeness (QED) is 0.632. The molecule has 10 heteroatoms. The maximum absolute atomic E-state index is 12.9. The SMILES string of the molecule is COc1cccc(N(Cc2cccc(OCC(F)(F)F)c2)CC(O)C(F)(F)F)c1. The molecular weight excluding hydrogens is 404 g/mol. The summed E-state index contributed by atoms with van der Waals surface area (Å²) < 4.78 is 85.3. The third-order valence-corrected chi connectivity index (χ3v) is 3.86. The normalized spacial score (nSPS) is 13.1. The smallest absolute Gasteiger partial charge is 0.422 e. The lowest BCUT2D eigenvalue weighted by Crippen LogP contribution is -2.40. The molecule has 2 aromatic carbocycles. The van der Waals surface area contributed by atoms with Crippen LogP contribution in [0.5, 0.6) is 11.5 Å². The van der Waals surface area contributed by atoms with E-state index in [2.05, 4.69) is 4.74 Å². The Balaban J connectivity index is 2.25. The van der Waals surface area contributed by atoms with Gasteiger partial charge in [-0.05, 0) is 29.8 Å². The summed E-state index contributed by atoms with van der Waals surface area (Å²) in [5.41, 5.74) is 0.746. The van der Waals surface area contributed by atoms with Crippen molar-refractivity contribution in [1.29, 1.82) is 0 Å². The largest absolute Gasteiger partial charge is 0.497 e. The van der Waals surface area contributed by atoms with Crippen molar-refractivity contribution in [2.45, 2.75) is 25.0 Å². The number of alkyl halides is 6. The number of hydrogen-bond donors (Lipinski definition) is 1. The number of anilines is 1.